The number of hydrogen-bond donors (Lipinski definition) is 3. The van der Waals surface area contributed by atoms with Gasteiger partial charge >= 0.3 is 6.03 Å². The lowest BCUT2D eigenvalue weighted by atomic mass is 10.1. The molecule has 1 aromatic carbocycles. The summed E-state index contributed by atoms with van der Waals surface area (Å²) in [5.74, 6) is -0.209. The van der Waals surface area contributed by atoms with Crippen molar-refractivity contribution in [3.63, 3.8) is 0 Å². The molecule has 0 spiro atoms. The van der Waals surface area contributed by atoms with Gasteiger partial charge in [0.25, 0.3) is 5.91 Å². The molecule has 0 aliphatic carbocycles. The molecule has 0 bridgehead atoms. The number of carbonyl (C=O) groups excluding carboxylic acids is 2. The predicted molar refractivity (Wildman–Crippen MR) is 106 cm³/mol. The zero-order valence-corrected chi connectivity index (χ0v) is 15.5. The van der Waals surface area contributed by atoms with Crippen LogP contribution in [0.15, 0.2) is 42.7 Å². The SMILES string of the molecule is Cc1c(NC(=O)NCCNC(=O)c2cccnc2)cccc1N1CCCC1. The Hall–Kier alpha value is -3.09. The van der Waals surface area contributed by atoms with Crippen LogP contribution in [0.1, 0.15) is 28.8 Å². The van der Waals surface area contributed by atoms with Crippen molar-refractivity contribution in [3.05, 3.63) is 53.9 Å². The van der Waals surface area contributed by atoms with Crippen molar-refractivity contribution in [2.45, 2.75) is 19.8 Å². The number of carbonyl (C=O) groups is 2. The van der Waals surface area contributed by atoms with E-state index >= 15 is 0 Å². The zero-order valence-electron chi connectivity index (χ0n) is 15.5. The smallest absolute Gasteiger partial charge is 0.319 e. The van der Waals surface area contributed by atoms with Crippen molar-refractivity contribution in [1.29, 1.82) is 0 Å². The molecule has 142 valence electrons. The summed E-state index contributed by atoms with van der Waals surface area (Å²) in [6.07, 6.45) is 5.54. The van der Waals surface area contributed by atoms with Crippen LogP contribution in [-0.4, -0.2) is 43.1 Å². The lowest BCUT2D eigenvalue weighted by molar-refractivity contribution is 0.0953. The van der Waals surface area contributed by atoms with Crippen LogP contribution in [0.25, 0.3) is 0 Å². The zero-order chi connectivity index (χ0) is 19.1. The largest absolute Gasteiger partial charge is 0.371 e. The molecule has 0 unspecified atom stereocenters. The Morgan fingerprint density at radius 1 is 1.07 bits per heavy atom. The van der Waals surface area contributed by atoms with Gasteiger partial charge in [0.2, 0.25) is 0 Å². The summed E-state index contributed by atoms with van der Waals surface area (Å²) in [5, 5.41) is 8.40. The topological polar surface area (TPSA) is 86.4 Å². The summed E-state index contributed by atoms with van der Waals surface area (Å²) >= 11 is 0. The summed E-state index contributed by atoms with van der Waals surface area (Å²) in [6.45, 7) is 4.83. The fourth-order valence-electron chi connectivity index (χ4n) is 3.18. The van der Waals surface area contributed by atoms with Gasteiger partial charge in [0.05, 0.1) is 5.56 Å². The van der Waals surface area contributed by atoms with Gasteiger partial charge in [-0.1, -0.05) is 6.07 Å². The fraction of sp³-hybridized carbons (Fsp3) is 0.350. The van der Waals surface area contributed by atoms with E-state index in [1.807, 2.05) is 19.1 Å². The van der Waals surface area contributed by atoms with E-state index in [4.69, 9.17) is 0 Å². The summed E-state index contributed by atoms with van der Waals surface area (Å²) in [7, 11) is 0. The Morgan fingerprint density at radius 3 is 2.59 bits per heavy atom. The van der Waals surface area contributed by atoms with Gasteiger partial charge in [-0.05, 0) is 49.6 Å². The average molecular weight is 367 g/mol. The highest BCUT2D eigenvalue weighted by atomic mass is 16.2. The number of aromatic nitrogens is 1. The molecule has 1 saturated heterocycles. The Kier molecular flexibility index (Phi) is 6.25. The van der Waals surface area contributed by atoms with Gasteiger partial charge in [0.1, 0.15) is 0 Å². The maximum absolute atomic E-state index is 12.2. The van der Waals surface area contributed by atoms with Gasteiger partial charge in [0.15, 0.2) is 0 Å². The van der Waals surface area contributed by atoms with E-state index in [0.717, 1.165) is 24.3 Å². The molecule has 2 aromatic rings. The summed E-state index contributed by atoms with van der Waals surface area (Å²) in [5.41, 5.74) is 3.54. The van der Waals surface area contributed by atoms with Gasteiger partial charge in [-0.2, -0.15) is 0 Å². The van der Waals surface area contributed by atoms with E-state index in [9.17, 15) is 9.59 Å². The Labute approximate surface area is 159 Å². The number of hydrogen-bond acceptors (Lipinski definition) is 4. The van der Waals surface area contributed by atoms with Crippen molar-refractivity contribution in [2.24, 2.45) is 0 Å². The molecular weight excluding hydrogens is 342 g/mol. The number of benzene rings is 1. The first-order chi connectivity index (χ1) is 13.1. The predicted octanol–water partition coefficient (Wildman–Crippen LogP) is 2.54. The van der Waals surface area contributed by atoms with Crippen LogP contribution < -0.4 is 20.9 Å². The number of nitrogens with zero attached hydrogens (tertiary/aromatic N) is 2. The molecule has 0 radical (unpaired) electrons. The lowest BCUT2D eigenvalue weighted by Gasteiger charge is -2.22. The average Bonchev–Trinajstić information content (AvgIpc) is 3.22. The normalized spacial score (nSPS) is 13.3. The summed E-state index contributed by atoms with van der Waals surface area (Å²) in [4.78, 5) is 30.3. The van der Waals surface area contributed by atoms with Gasteiger partial charge in [0, 0.05) is 49.9 Å². The Bertz CT molecular complexity index is 788. The van der Waals surface area contributed by atoms with Crippen LogP contribution in [0.3, 0.4) is 0 Å². The third-order valence-corrected chi connectivity index (χ3v) is 4.62. The molecular formula is C20H25N5O2. The molecule has 1 aromatic heterocycles. The van der Waals surface area contributed by atoms with Crippen molar-refractivity contribution in [1.82, 2.24) is 15.6 Å². The van der Waals surface area contributed by atoms with Gasteiger partial charge in [-0.25, -0.2) is 4.79 Å². The molecule has 7 nitrogen and oxygen atoms in total. The fourth-order valence-corrected chi connectivity index (χ4v) is 3.18. The highest BCUT2D eigenvalue weighted by Crippen LogP contribution is 2.29. The van der Waals surface area contributed by atoms with Crippen LogP contribution in [0, 0.1) is 6.92 Å². The molecule has 2 heterocycles. The number of anilines is 2. The highest BCUT2D eigenvalue weighted by molar-refractivity contribution is 5.94. The van der Waals surface area contributed by atoms with Crippen LogP contribution >= 0.6 is 0 Å². The van der Waals surface area contributed by atoms with Crippen LogP contribution in [0.4, 0.5) is 16.2 Å². The second-order valence-corrected chi connectivity index (χ2v) is 6.52. The minimum absolute atomic E-state index is 0.209. The first-order valence-corrected chi connectivity index (χ1v) is 9.23. The molecule has 1 aliphatic rings. The maximum atomic E-state index is 12.2. The first kappa shape index (κ1) is 18.7. The molecule has 1 fully saturated rings. The number of nitrogens with one attached hydrogen (secondary N) is 3. The number of rotatable bonds is 6. The number of amides is 3. The van der Waals surface area contributed by atoms with Gasteiger partial charge < -0.3 is 20.9 Å². The summed E-state index contributed by atoms with van der Waals surface area (Å²) < 4.78 is 0. The highest BCUT2D eigenvalue weighted by Gasteiger charge is 2.16. The molecule has 7 heteroatoms. The minimum Gasteiger partial charge on any atom is -0.371 e. The molecule has 3 amide bonds. The van der Waals surface area contributed by atoms with E-state index in [0.29, 0.717) is 18.7 Å². The van der Waals surface area contributed by atoms with Crippen molar-refractivity contribution in [2.75, 3.05) is 36.4 Å². The lowest BCUT2D eigenvalue weighted by Crippen LogP contribution is -2.37. The Balaban J connectivity index is 1.45. The van der Waals surface area contributed by atoms with E-state index in [2.05, 4.69) is 31.9 Å². The second kappa shape index (κ2) is 9.02. The summed E-state index contributed by atoms with van der Waals surface area (Å²) in [6, 6.07) is 9.07. The van der Waals surface area contributed by atoms with Gasteiger partial charge in [-0.15, -0.1) is 0 Å². The van der Waals surface area contributed by atoms with Crippen LogP contribution in [0.5, 0.6) is 0 Å². The first-order valence-electron chi connectivity index (χ1n) is 9.23. The number of urea groups is 1. The molecule has 0 saturated carbocycles. The standard InChI is InChI=1S/C20H25N5O2/c1-15-17(7-4-8-18(15)25-12-2-3-13-25)24-20(27)23-11-10-22-19(26)16-6-5-9-21-14-16/h4-9,14H,2-3,10-13H2,1H3,(H,22,26)(H2,23,24,27). The molecule has 0 atom stereocenters. The van der Waals surface area contributed by atoms with E-state index in [1.54, 1.807) is 18.3 Å². The third-order valence-electron chi connectivity index (χ3n) is 4.62. The van der Waals surface area contributed by atoms with Crippen molar-refractivity contribution < 1.29 is 9.59 Å². The van der Waals surface area contributed by atoms with E-state index < -0.39 is 0 Å². The third kappa shape index (κ3) is 4.97. The number of pyridine rings is 1. The van der Waals surface area contributed by atoms with Crippen LogP contribution in [-0.2, 0) is 0 Å². The van der Waals surface area contributed by atoms with E-state index in [-0.39, 0.29) is 11.9 Å². The Morgan fingerprint density at radius 2 is 1.85 bits per heavy atom. The quantitative estimate of drug-likeness (QED) is 0.685. The minimum atomic E-state index is -0.285. The maximum Gasteiger partial charge on any atom is 0.319 e. The van der Waals surface area contributed by atoms with Crippen molar-refractivity contribution >= 4 is 23.3 Å². The monoisotopic (exact) mass is 367 g/mol. The second-order valence-electron chi connectivity index (χ2n) is 6.52. The molecule has 3 rings (SSSR count). The van der Waals surface area contributed by atoms with Crippen LogP contribution in [0.2, 0.25) is 0 Å². The molecule has 27 heavy (non-hydrogen) atoms. The molecule has 3 N–H and O–H groups in total. The molecule has 1 aliphatic heterocycles. The van der Waals surface area contributed by atoms with Crippen molar-refractivity contribution in [3.8, 4) is 0 Å². The van der Waals surface area contributed by atoms with Gasteiger partial charge in [-0.3, -0.25) is 9.78 Å². The van der Waals surface area contributed by atoms with E-state index in [1.165, 1.54) is 24.7 Å².